The topological polar surface area (TPSA) is 52.6 Å². The van der Waals surface area contributed by atoms with E-state index in [0.29, 0.717) is 31.0 Å². The molecule has 0 unspecified atom stereocenters. The van der Waals surface area contributed by atoms with Crippen molar-refractivity contribution >= 4 is 61.2 Å². The second-order valence-electron chi connectivity index (χ2n) is 6.01. The fourth-order valence-electron chi connectivity index (χ4n) is 2.69. The number of hydrogen-bond donors (Lipinski definition) is 0. The maximum Gasteiger partial charge on any atom is 0.339 e. The summed E-state index contributed by atoms with van der Waals surface area (Å²) >= 11 is 13.2. The van der Waals surface area contributed by atoms with Crippen molar-refractivity contribution in [2.24, 2.45) is 0 Å². The van der Waals surface area contributed by atoms with Gasteiger partial charge in [0.15, 0.2) is 11.5 Å². The SMILES string of the molecule is COc1cc(C2SCCS2)cc(Br)c1OS(=O)(=O)c1cc(C)c(Cl)cc1C. The molecular weight excluding hydrogens is 492 g/mol. The van der Waals surface area contributed by atoms with E-state index in [1.54, 1.807) is 19.9 Å². The summed E-state index contributed by atoms with van der Waals surface area (Å²) in [4.78, 5) is 0.0873. The molecule has 2 aromatic carbocycles. The molecule has 0 spiro atoms. The zero-order valence-corrected chi connectivity index (χ0v) is 19.7. The van der Waals surface area contributed by atoms with E-state index in [1.165, 1.54) is 13.2 Å². The van der Waals surface area contributed by atoms with Crippen molar-refractivity contribution in [3.8, 4) is 11.5 Å². The monoisotopic (exact) mass is 508 g/mol. The van der Waals surface area contributed by atoms with E-state index in [9.17, 15) is 8.42 Å². The number of hydrogen-bond acceptors (Lipinski definition) is 6. The molecule has 0 radical (unpaired) electrons. The molecule has 1 heterocycles. The van der Waals surface area contributed by atoms with Crippen LogP contribution in [0.15, 0.2) is 33.6 Å². The Bertz CT molecular complexity index is 973. The lowest BCUT2D eigenvalue weighted by Gasteiger charge is -2.17. The number of methoxy groups -OCH3 is 1. The van der Waals surface area contributed by atoms with Crippen LogP contribution in [0.5, 0.6) is 11.5 Å². The first-order valence-corrected chi connectivity index (χ1v) is 12.7. The molecule has 0 saturated carbocycles. The minimum Gasteiger partial charge on any atom is -0.493 e. The van der Waals surface area contributed by atoms with E-state index in [0.717, 1.165) is 17.1 Å². The van der Waals surface area contributed by atoms with Crippen LogP contribution in [0.3, 0.4) is 0 Å². The molecule has 4 nitrogen and oxygen atoms in total. The van der Waals surface area contributed by atoms with Crippen LogP contribution in [0.4, 0.5) is 0 Å². The Kier molecular flexibility index (Phi) is 6.63. The van der Waals surface area contributed by atoms with Crippen molar-refractivity contribution in [2.75, 3.05) is 18.6 Å². The molecule has 2 aromatic rings. The Hall–Kier alpha value is -0.540. The van der Waals surface area contributed by atoms with E-state index in [-0.39, 0.29) is 10.6 Å². The third-order valence-corrected chi connectivity index (χ3v) is 9.53. The molecule has 0 bridgehead atoms. The summed E-state index contributed by atoms with van der Waals surface area (Å²) in [6.07, 6.45) is 0. The fourth-order valence-corrected chi connectivity index (χ4v) is 7.62. The number of halogens is 2. The Morgan fingerprint density at radius 2 is 1.78 bits per heavy atom. The normalized spacial score (nSPS) is 15.1. The molecule has 0 N–H and O–H groups in total. The first kappa shape index (κ1) is 21.2. The summed E-state index contributed by atoms with van der Waals surface area (Å²) in [7, 11) is -2.55. The van der Waals surface area contributed by atoms with E-state index < -0.39 is 10.1 Å². The van der Waals surface area contributed by atoms with Crippen molar-refractivity contribution in [2.45, 2.75) is 23.3 Å². The number of rotatable bonds is 5. The Labute approximate surface area is 181 Å². The quantitative estimate of drug-likeness (QED) is 0.463. The zero-order valence-electron chi connectivity index (χ0n) is 14.9. The summed E-state index contributed by atoms with van der Waals surface area (Å²) in [5, 5.41) is 0.515. The van der Waals surface area contributed by atoms with Gasteiger partial charge in [0.25, 0.3) is 0 Å². The second-order valence-corrected chi connectivity index (χ2v) is 11.5. The van der Waals surface area contributed by atoms with Gasteiger partial charge >= 0.3 is 10.1 Å². The zero-order chi connectivity index (χ0) is 19.8. The fraction of sp³-hybridized carbons (Fsp3) is 0.333. The van der Waals surface area contributed by atoms with Crippen LogP contribution in [-0.4, -0.2) is 27.0 Å². The van der Waals surface area contributed by atoms with Crippen molar-refractivity contribution in [3.63, 3.8) is 0 Å². The van der Waals surface area contributed by atoms with E-state index >= 15 is 0 Å². The van der Waals surface area contributed by atoms with Crippen molar-refractivity contribution in [1.29, 1.82) is 0 Å². The molecule has 1 fully saturated rings. The van der Waals surface area contributed by atoms with Gasteiger partial charge in [0.2, 0.25) is 0 Å². The lowest BCUT2D eigenvalue weighted by molar-refractivity contribution is 0.389. The maximum absolute atomic E-state index is 12.9. The summed E-state index contributed by atoms with van der Waals surface area (Å²) in [5.41, 5.74) is 2.26. The van der Waals surface area contributed by atoms with Crippen LogP contribution < -0.4 is 8.92 Å². The molecule has 0 aromatic heterocycles. The summed E-state index contributed by atoms with van der Waals surface area (Å²) < 4.78 is 37.5. The Morgan fingerprint density at radius 3 is 2.41 bits per heavy atom. The van der Waals surface area contributed by atoms with E-state index in [2.05, 4.69) is 15.9 Å². The van der Waals surface area contributed by atoms with Gasteiger partial charge in [-0.25, -0.2) is 0 Å². The van der Waals surface area contributed by atoms with Gasteiger partial charge in [0.05, 0.1) is 16.2 Å². The molecule has 146 valence electrons. The maximum atomic E-state index is 12.9. The molecule has 1 aliphatic rings. The minimum atomic E-state index is -4.05. The average Bonchev–Trinajstić information content (AvgIpc) is 3.14. The molecule has 1 saturated heterocycles. The van der Waals surface area contributed by atoms with Gasteiger partial charge in [-0.1, -0.05) is 11.6 Å². The van der Waals surface area contributed by atoms with Crippen molar-refractivity contribution in [3.05, 3.63) is 50.5 Å². The van der Waals surface area contributed by atoms with Crippen LogP contribution in [0.1, 0.15) is 21.3 Å². The minimum absolute atomic E-state index is 0.0873. The van der Waals surface area contributed by atoms with E-state index in [4.69, 9.17) is 20.5 Å². The van der Waals surface area contributed by atoms with Crippen molar-refractivity contribution < 1.29 is 17.3 Å². The van der Waals surface area contributed by atoms with Crippen LogP contribution >= 0.6 is 51.1 Å². The molecule has 0 amide bonds. The molecule has 1 aliphatic heterocycles. The first-order valence-electron chi connectivity index (χ1n) is 8.05. The van der Waals surface area contributed by atoms with Crippen LogP contribution in [0.2, 0.25) is 5.02 Å². The number of thioether (sulfide) groups is 2. The Balaban J connectivity index is 2.00. The smallest absolute Gasteiger partial charge is 0.339 e. The molecular formula is C18H18BrClO4S3. The predicted molar refractivity (Wildman–Crippen MR) is 117 cm³/mol. The van der Waals surface area contributed by atoms with E-state index in [1.807, 2.05) is 35.7 Å². The molecule has 0 atom stereocenters. The highest BCUT2D eigenvalue weighted by atomic mass is 79.9. The lowest BCUT2D eigenvalue weighted by Crippen LogP contribution is -2.13. The number of ether oxygens (including phenoxy) is 1. The van der Waals surface area contributed by atoms with Crippen molar-refractivity contribution in [1.82, 2.24) is 0 Å². The predicted octanol–water partition coefficient (Wildman–Crippen LogP) is 5.97. The van der Waals surface area contributed by atoms with Gasteiger partial charge < -0.3 is 8.92 Å². The third-order valence-electron chi connectivity index (χ3n) is 4.06. The highest BCUT2D eigenvalue weighted by molar-refractivity contribution is 9.10. The number of benzene rings is 2. The van der Waals surface area contributed by atoms with Crippen LogP contribution in [0, 0.1) is 13.8 Å². The van der Waals surface area contributed by atoms with Gasteiger partial charge in [0.1, 0.15) is 4.90 Å². The highest BCUT2D eigenvalue weighted by Crippen LogP contribution is 2.49. The van der Waals surface area contributed by atoms with Crippen LogP contribution in [0.25, 0.3) is 0 Å². The largest absolute Gasteiger partial charge is 0.493 e. The Morgan fingerprint density at radius 1 is 1.11 bits per heavy atom. The molecule has 9 heteroatoms. The number of aryl methyl sites for hydroxylation is 2. The summed E-state index contributed by atoms with van der Waals surface area (Å²) in [5.74, 6) is 2.70. The summed E-state index contributed by atoms with van der Waals surface area (Å²) in [6, 6.07) is 6.87. The van der Waals surface area contributed by atoms with Gasteiger partial charge in [-0.05, 0) is 70.7 Å². The molecule has 3 rings (SSSR count). The van der Waals surface area contributed by atoms with Gasteiger partial charge in [-0.3, -0.25) is 0 Å². The molecule has 0 aliphatic carbocycles. The first-order chi connectivity index (χ1) is 12.7. The third kappa shape index (κ3) is 4.56. The molecule has 27 heavy (non-hydrogen) atoms. The summed E-state index contributed by atoms with van der Waals surface area (Å²) in [6.45, 7) is 3.44. The second kappa shape index (κ2) is 8.45. The highest BCUT2D eigenvalue weighted by Gasteiger charge is 2.26. The lowest BCUT2D eigenvalue weighted by atomic mass is 10.2. The van der Waals surface area contributed by atoms with Gasteiger partial charge in [-0.15, -0.1) is 23.5 Å². The van der Waals surface area contributed by atoms with Gasteiger partial charge in [0, 0.05) is 16.5 Å². The standard InChI is InChI=1S/C18H18BrClO4S3/c1-10-7-16(11(2)6-14(10)20)27(21,22)24-17-13(19)8-12(9-15(17)23-3)18-25-4-5-26-18/h6-9,18H,4-5H2,1-3H3. The average molecular weight is 510 g/mol. The van der Waals surface area contributed by atoms with Crippen LogP contribution in [-0.2, 0) is 10.1 Å². The van der Waals surface area contributed by atoms with Gasteiger partial charge in [-0.2, -0.15) is 8.42 Å².